The van der Waals surface area contributed by atoms with Crippen molar-refractivity contribution in [2.45, 2.75) is 32.7 Å². The summed E-state index contributed by atoms with van der Waals surface area (Å²) in [6.07, 6.45) is 4.35. The topological polar surface area (TPSA) is 73.1 Å². The summed E-state index contributed by atoms with van der Waals surface area (Å²) in [7, 11) is 1.60. The largest absolute Gasteiger partial charge is 0.497 e. The number of carbonyl (C=O) groups excluding carboxylic acids is 1. The number of ether oxygens (including phenoxy) is 2. The van der Waals surface area contributed by atoms with Gasteiger partial charge in [0.15, 0.2) is 4.80 Å². The van der Waals surface area contributed by atoms with Gasteiger partial charge in [-0.05, 0) is 68.2 Å². The van der Waals surface area contributed by atoms with Gasteiger partial charge in [0, 0.05) is 18.8 Å². The van der Waals surface area contributed by atoms with Gasteiger partial charge in [-0.1, -0.05) is 35.6 Å². The molecule has 2 aliphatic rings. The second-order valence-corrected chi connectivity index (χ2v) is 9.87. The number of fused-ring (bicyclic) bond motifs is 1. The molecule has 0 N–H and O–H groups in total. The molecule has 2 aromatic carbocycles. The molecule has 0 radical (unpaired) electrons. The molecule has 1 saturated heterocycles. The smallest absolute Gasteiger partial charge is 0.338 e. The van der Waals surface area contributed by atoms with Gasteiger partial charge in [0.1, 0.15) is 5.75 Å². The van der Waals surface area contributed by atoms with E-state index >= 15 is 0 Å². The highest BCUT2D eigenvalue weighted by Gasteiger charge is 2.33. The minimum absolute atomic E-state index is 0.183. The third kappa shape index (κ3) is 4.48. The highest BCUT2D eigenvalue weighted by molar-refractivity contribution is 7.07. The zero-order chi connectivity index (χ0) is 25.2. The quantitative estimate of drug-likeness (QED) is 0.482. The first-order chi connectivity index (χ1) is 17.5. The normalized spacial score (nSPS) is 17.7. The van der Waals surface area contributed by atoms with Crippen molar-refractivity contribution in [1.82, 2.24) is 4.57 Å². The molecule has 0 amide bonds. The summed E-state index contributed by atoms with van der Waals surface area (Å²) >= 11 is 1.33. The van der Waals surface area contributed by atoms with Gasteiger partial charge in [-0.25, -0.2) is 9.79 Å². The number of hydrogen-bond acceptors (Lipinski definition) is 7. The summed E-state index contributed by atoms with van der Waals surface area (Å²) in [4.78, 5) is 34.3. The Morgan fingerprint density at radius 1 is 1.11 bits per heavy atom. The van der Waals surface area contributed by atoms with E-state index in [2.05, 4.69) is 22.0 Å². The van der Waals surface area contributed by atoms with Crippen LogP contribution in [0.3, 0.4) is 0 Å². The summed E-state index contributed by atoms with van der Waals surface area (Å²) in [5, 5.41) is 0. The van der Waals surface area contributed by atoms with Crippen LogP contribution in [0.15, 0.2) is 69.6 Å². The highest BCUT2D eigenvalue weighted by atomic mass is 32.1. The van der Waals surface area contributed by atoms with Crippen molar-refractivity contribution in [1.29, 1.82) is 0 Å². The molecule has 7 nitrogen and oxygen atoms in total. The van der Waals surface area contributed by atoms with Crippen LogP contribution in [-0.2, 0) is 9.53 Å². The van der Waals surface area contributed by atoms with Gasteiger partial charge in [0.2, 0.25) is 0 Å². The molecule has 36 heavy (non-hydrogen) atoms. The van der Waals surface area contributed by atoms with Crippen molar-refractivity contribution in [2.24, 2.45) is 4.99 Å². The fourth-order valence-electron chi connectivity index (χ4n) is 4.80. The van der Waals surface area contributed by atoms with E-state index in [9.17, 15) is 9.59 Å². The summed E-state index contributed by atoms with van der Waals surface area (Å²) < 4.78 is 12.8. The van der Waals surface area contributed by atoms with Crippen LogP contribution >= 0.6 is 11.3 Å². The Hall–Kier alpha value is -3.65. The SMILES string of the molecule is CCOC(=O)C1=C(C)N=c2s/c(=C/c3ccc(N4CCCC4)cc3)c(=O)n2[C@@H]1c1ccc(OC)cc1. The van der Waals surface area contributed by atoms with Crippen LogP contribution in [0.1, 0.15) is 43.9 Å². The molecule has 8 heteroatoms. The Kier molecular flexibility index (Phi) is 6.78. The van der Waals surface area contributed by atoms with Crippen LogP contribution in [0.2, 0.25) is 0 Å². The molecule has 0 saturated carbocycles. The molecule has 3 heterocycles. The molecule has 0 bridgehead atoms. The predicted octanol–water partition coefficient (Wildman–Crippen LogP) is 3.41. The summed E-state index contributed by atoms with van der Waals surface area (Å²) in [6, 6.07) is 15.1. The van der Waals surface area contributed by atoms with Gasteiger partial charge in [0.25, 0.3) is 5.56 Å². The van der Waals surface area contributed by atoms with E-state index in [0.29, 0.717) is 26.4 Å². The molecule has 1 atom stereocenters. The molecule has 5 rings (SSSR count). The average molecular weight is 504 g/mol. The summed E-state index contributed by atoms with van der Waals surface area (Å²) in [5.41, 5.74) is 3.69. The Morgan fingerprint density at radius 3 is 2.44 bits per heavy atom. The number of methoxy groups -OCH3 is 1. The van der Waals surface area contributed by atoms with Crippen molar-refractivity contribution in [3.8, 4) is 5.75 Å². The Labute approximate surface area is 213 Å². The second kappa shape index (κ2) is 10.1. The number of thiazole rings is 1. The Morgan fingerprint density at radius 2 is 1.81 bits per heavy atom. The minimum atomic E-state index is -0.633. The fourth-order valence-corrected chi connectivity index (χ4v) is 5.85. The number of allylic oxidation sites excluding steroid dienone is 1. The highest BCUT2D eigenvalue weighted by Crippen LogP contribution is 2.31. The lowest BCUT2D eigenvalue weighted by molar-refractivity contribution is -0.139. The van der Waals surface area contributed by atoms with Gasteiger partial charge in [-0.15, -0.1) is 0 Å². The number of hydrogen-bond donors (Lipinski definition) is 0. The number of anilines is 1. The molecule has 1 fully saturated rings. The molecule has 0 aliphatic carbocycles. The van der Waals surface area contributed by atoms with E-state index in [4.69, 9.17) is 9.47 Å². The molecule has 186 valence electrons. The number of nitrogens with zero attached hydrogens (tertiary/aromatic N) is 3. The third-order valence-electron chi connectivity index (χ3n) is 6.61. The van der Waals surface area contributed by atoms with Crippen LogP contribution in [0, 0.1) is 0 Å². The molecule has 0 unspecified atom stereocenters. The molecular formula is C28H29N3O4S. The van der Waals surface area contributed by atoms with Crippen molar-refractivity contribution in [3.63, 3.8) is 0 Å². The van der Waals surface area contributed by atoms with E-state index in [1.54, 1.807) is 25.5 Å². The van der Waals surface area contributed by atoms with Crippen LogP contribution < -0.4 is 24.5 Å². The molecule has 2 aliphatic heterocycles. The fraction of sp³-hybridized carbons (Fsp3) is 0.321. The van der Waals surface area contributed by atoms with E-state index in [1.807, 2.05) is 42.5 Å². The van der Waals surface area contributed by atoms with Gasteiger partial charge in [-0.2, -0.15) is 0 Å². The van der Waals surface area contributed by atoms with Crippen molar-refractivity contribution >= 4 is 29.1 Å². The van der Waals surface area contributed by atoms with Crippen molar-refractivity contribution < 1.29 is 14.3 Å². The average Bonchev–Trinajstić information content (AvgIpc) is 3.53. The first-order valence-electron chi connectivity index (χ1n) is 12.2. The van der Waals surface area contributed by atoms with Gasteiger partial charge >= 0.3 is 5.97 Å². The number of rotatable bonds is 6. The van der Waals surface area contributed by atoms with Crippen molar-refractivity contribution in [2.75, 3.05) is 31.7 Å². The van der Waals surface area contributed by atoms with E-state index in [-0.39, 0.29) is 12.2 Å². The van der Waals surface area contributed by atoms with Crippen LogP contribution in [0.4, 0.5) is 5.69 Å². The standard InChI is InChI=1S/C28H29N3O4S/c1-4-35-27(33)24-18(2)29-28-31(25(24)20-9-13-22(34-3)14-10-20)26(32)23(36-28)17-19-7-11-21(12-8-19)30-15-5-6-16-30/h7-14,17,25H,4-6,15-16H2,1-3H3/b23-17+/t25-/m1/s1. The molecular weight excluding hydrogens is 474 g/mol. The maximum Gasteiger partial charge on any atom is 0.338 e. The lowest BCUT2D eigenvalue weighted by Crippen LogP contribution is -2.39. The number of benzene rings is 2. The van der Waals surface area contributed by atoms with E-state index < -0.39 is 12.0 Å². The maximum atomic E-state index is 13.7. The second-order valence-electron chi connectivity index (χ2n) is 8.86. The zero-order valence-electron chi connectivity index (χ0n) is 20.7. The number of carbonyl (C=O) groups is 1. The first kappa shape index (κ1) is 24.1. The van der Waals surface area contributed by atoms with Crippen LogP contribution in [0.5, 0.6) is 5.75 Å². The lowest BCUT2D eigenvalue weighted by Gasteiger charge is -2.24. The number of esters is 1. The first-order valence-corrected chi connectivity index (χ1v) is 13.0. The monoisotopic (exact) mass is 503 g/mol. The van der Waals surface area contributed by atoms with Crippen molar-refractivity contribution in [3.05, 3.63) is 90.6 Å². The Bertz CT molecular complexity index is 1480. The van der Waals surface area contributed by atoms with E-state index in [0.717, 1.165) is 24.2 Å². The lowest BCUT2D eigenvalue weighted by atomic mass is 9.96. The maximum absolute atomic E-state index is 13.7. The molecule has 1 aromatic heterocycles. The minimum Gasteiger partial charge on any atom is -0.497 e. The molecule has 3 aromatic rings. The summed E-state index contributed by atoms with van der Waals surface area (Å²) in [5.74, 6) is 0.230. The van der Waals surface area contributed by atoms with Crippen LogP contribution in [-0.4, -0.2) is 37.3 Å². The zero-order valence-corrected chi connectivity index (χ0v) is 21.5. The van der Waals surface area contributed by atoms with E-state index in [1.165, 1.54) is 29.9 Å². The Balaban J connectivity index is 1.60. The van der Waals surface area contributed by atoms with Gasteiger partial charge in [0.05, 0.1) is 35.6 Å². The predicted molar refractivity (Wildman–Crippen MR) is 141 cm³/mol. The van der Waals surface area contributed by atoms with Crippen LogP contribution in [0.25, 0.3) is 6.08 Å². The third-order valence-corrected chi connectivity index (χ3v) is 7.59. The summed E-state index contributed by atoms with van der Waals surface area (Å²) in [6.45, 7) is 5.97. The number of aromatic nitrogens is 1. The van der Waals surface area contributed by atoms with Gasteiger partial charge < -0.3 is 14.4 Å². The molecule has 0 spiro atoms. The van der Waals surface area contributed by atoms with Gasteiger partial charge in [-0.3, -0.25) is 9.36 Å².